The molecule has 18 heavy (non-hydrogen) atoms. The quantitative estimate of drug-likeness (QED) is 0.598. The van der Waals surface area contributed by atoms with Gasteiger partial charge in [0, 0.05) is 11.9 Å². The highest BCUT2D eigenvalue weighted by Crippen LogP contribution is 2.31. The molecular weight excluding hydrogens is 236 g/mol. The molecule has 6 heteroatoms. The largest absolute Gasteiger partial charge is 0.506 e. The number of phenolic OH excluding ortho intramolecular Hbond substituents is 1. The zero-order valence-electron chi connectivity index (χ0n) is 9.80. The lowest BCUT2D eigenvalue weighted by atomic mass is 10.0. The van der Waals surface area contributed by atoms with E-state index < -0.39 is 12.1 Å². The molecule has 0 saturated carbocycles. The first-order chi connectivity index (χ1) is 8.58. The van der Waals surface area contributed by atoms with Crippen molar-refractivity contribution in [3.63, 3.8) is 0 Å². The van der Waals surface area contributed by atoms with Crippen LogP contribution < -0.4 is 5.73 Å². The molecule has 2 rings (SSSR count). The molecule has 1 aromatic carbocycles. The van der Waals surface area contributed by atoms with Gasteiger partial charge in [-0.3, -0.25) is 0 Å². The van der Waals surface area contributed by atoms with E-state index in [1.54, 1.807) is 6.07 Å². The van der Waals surface area contributed by atoms with Crippen molar-refractivity contribution < 1.29 is 19.7 Å². The molecule has 1 unspecified atom stereocenters. The number of aromatic nitrogens is 1. The van der Waals surface area contributed by atoms with Crippen LogP contribution in [-0.2, 0) is 4.74 Å². The minimum atomic E-state index is -0.852. The standard InChI is InChI=1S/C12H14N2O4/c1-18-12(17)8-4-7-6(10(16)5-13)2-3-9(15)11(7)14-8/h2-4,10,14-16H,5,13H2,1H3. The lowest BCUT2D eigenvalue weighted by Gasteiger charge is -2.09. The van der Waals surface area contributed by atoms with Crippen molar-refractivity contribution >= 4 is 16.9 Å². The summed E-state index contributed by atoms with van der Waals surface area (Å²) in [5.74, 6) is -0.549. The van der Waals surface area contributed by atoms with Gasteiger partial charge in [0.1, 0.15) is 11.4 Å². The number of fused-ring (bicyclic) bond motifs is 1. The number of H-pyrrole nitrogens is 1. The molecule has 1 atom stereocenters. The van der Waals surface area contributed by atoms with Crippen LogP contribution in [0.15, 0.2) is 18.2 Å². The number of methoxy groups -OCH3 is 1. The second kappa shape index (κ2) is 4.67. The van der Waals surface area contributed by atoms with E-state index in [1.165, 1.54) is 19.2 Å². The molecule has 0 amide bonds. The van der Waals surface area contributed by atoms with Crippen molar-refractivity contribution in [2.45, 2.75) is 6.10 Å². The average molecular weight is 250 g/mol. The first kappa shape index (κ1) is 12.4. The highest BCUT2D eigenvalue weighted by Gasteiger charge is 2.17. The normalized spacial score (nSPS) is 12.6. The van der Waals surface area contributed by atoms with Crippen LogP contribution in [0.4, 0.5) is 0 Å². The second-order valence-corrected chi connectivity index (χ2v) is 3.89. The maximum Gasteiger partial charge on any atom is 0.354 e. The summed E-state index contributed by atoms with van der Waals surface area (Å²) in [6.07, 6.45) is -0.852. The SMILES string of the molecule is COC(=O)c1cc2c(C(O)CN)ccc(O)c2[nH]1. The minimum absolute atomic E-state index is 0.00637. The summed E-state index contributed by atoms with van der Waals surface area (Å²) in [5.41, 5.74) is 6.55. The number of nitrogens with one attached hydrogen (secondary N) is 1. The first-order valence-corrected chi connectivity index (χ1v) is 5.39. The summed E-state index contributed by atoms with van der Waals surface area (Å²) in [6.45, 7) is 0.0542. The molecule has 0 fully saturated rings. The fraction of sp³-hybridized carbons (Fsp3) is 0.250. The van der Waals surface area contributed by atoms with Crippen LogP contribution in [0.1, 0.15) is 22.2 Å². The number of aliphatic hydroxyl groups excluding tert-OH is 1. The number of aromatic hydroxyl groups is 1. The molecule has 0 spiro atoms. The summed E-state index contributed by atoms with van der Waals surface area (Å²) < 4.78 is 4.59. The fourth-order valence-corrected chi connectivity index (χ4v) is 1.86. The van der Waals surface area contributed by atoms with Gasteiger partial charge in [-0.05, 0) is 17.7 Å². The smallest absolute Gasteiger partial charge is 0.354 e. The van der Waals surface area contributed by atoms with E-state index in [1.807, 2.05) is 0 Å². The van der Waals surface area contributed by atoms with Gasteiger partial charge in [0.05, 0.1) is 18.7 Å². The number of hydrogen-bond donors (Lipinski definition) is 4. The molecule has 6 nitrogen and oxygen atoms in total. The number of rotatable bonds is 3. The van der Waals surface area contributed by atoms with E-state index >= 15 is 0 Å². The molecule has 1 aromatic heterocycles. The van der Waals surface area contributed by atoms with Crippen LogP contribution >= 0.6 is 0 Å². The Labute approximate surface area is 103 Å². The van der Waals surface area contributed by atoms with E-state index in [9.17, 15) is 15.0 Å². The third kappa shape index (κ3) is 1.92. The number of phenols is 1. The maximum absolute atomic E-state index is 11.4. The molecule has 0 aliphatic rings. The van der Waals surface area contributed by atoms with Gasteiger partial charge < -0.3 is 25.7 Å². The van der Waals surface area contributed by atoms with Crippen molar-refractivity contribution in [2.75, 3.05) is 13.7 Å². The Morgan fingerprint density at radius 3 is 2.89 bits per heavy atom. The molecule has 0 bridgehead atoms. The Balaban J connectivity index is 2.65. The van der Waals surface area contributed by atoms with E-state index in [2.05, 4.69) is 9.72 Å². The predicted octanol–water partition coefficient (Wildman–Crippen LogP) is 0.652. The number of esters is 1. The fourth-order valence-electron chi connectivity index (χ4n) is 1.86. The Morgan fingerprint density at radius 2 is 2.28 bits per heavy atom. The number of hydrogen-bond acceptors (Lipinski definition) is 5. The number of aliphatic hydroxyl groups is 1. The van der Waals surface area contributed by atoms with Gasteiger partial charge in [-0.2, -0.15) is 0 Å². The number of aromatic amines is 1. The highest BCUT2D eigenvalue weighted by atomic mass is 16.5. The summed E-state index contributed by atoms with van der Waals surface area (Å²) >= 11 is 0. The summed E-state index contributed by atoms with van der Waals surface area (Å²) in [5, 5.41) is 20.1. The summed E-state index contributed by atoms with van der Waals surface area (Å²) in [7, 11) is 1.27. The maximum atomic E-state index is 11.4. The predicted molar refractivity (Wildman–Crippen MR) is 65.3 cm³/mol. The molecule has 0 saturated heterocycles. The van der Waals surface area contributed by atoms with Crippen molar-refractivity contribution in [1.29, 1.82) is 0 Å². The zero-order chi connectivity index (χ0) is 13.3. The Kier molecular flexibility index (Phi) is 3.22. The van der Waals surface area contributed by atoms with Crippen LogP contribution in [0.5, 0.6) is 5.75 Å². The zero-order valence-corrected chi connectivity index (χ0v) is 9.80. The van der Waals surface area contributed by atoms with Crippen molar-refractivity contribution in [3.05, 3.63) is 29.5 Å². The van der Waals surface area contributed by atoms with E-state index in [4.69, 9.17) is 5.73 Å². The van der Waals surface area contributed by atoms with Gasteiger partial charge in [0.2, 0.25) is 0 Å². The average Bonchev–Trinajstić information content (AvgIpc) is 2.83. The van der Waals surface area contributed by atoms with Gasteiger partial charge >= 0.3 is 5.97 Å². The number of carbonyl (C=O) groups is 1. The van der Waals surface area contributed by atoms with Crippen LogP contribution in [0.2, 0.25) is 0 Å². The minimum Gasteiger partial charge on any atom is -0.506 e. The number of benzene rings is 1. The third-order valence-electron chi connectivity index (χ3n) is 2.79. The Morgan fingerprint density at radius 1 is 1.56 bits per heavy atom. The molecule has 0 radical (unpaired) electrons. The third-order valence-corrected chi connectivity index (χ3v) is 2.79. The number of nitrogens with two attached hydrogens (primary N) is 1. The van der Waals surface area contributed by atoms with Crippen LogP contribution in [0.3, 0.4) is 0 Å². The van der Waals surface area contributed by atoms with Crippen LogP contribution in [0.25, 0.3) is 10.9 Å². The van der Waals surface area contributed by atoms with Gasteiger partial charge in [-0.15, -0.1) is 0 Å². The van der Waals surface area contributed by atoms with Crippen LogP contribution in [-0.4, -0.2) is 34.8 Å². The summed E-state index contributed by atoms with van der Waals surface area (Å²) in [6, 6.07) is 4.54. The van der Waals surface area contributed by atoms with E-state index in [0.717, 1.165) is 0 Å². The van der Waals surface area contributed by atoms with Gasteiger partial charge in [0.25, 0.3) is 0 Å². The summed E-state index contributed by atoms with van der Waals surface area (Å²) in [4.78, 5) is 14.2. The van der Waals surface area contributed by atoms with E-state index in [-0.39, 0.29) is 18.0 Å². The molecular formula is C12H14N2O4. The molecule has 96 valence electrons. The van der Waals surface area contributed by atoms with Crippen molar-refractivity contribution in [1.82, 2.24) is 4.98 Å². The van der Waals surface area contributed by atoms with Crippen LogP contribution in [0, 0.1) is 0 Å². The van der Waals surface area contributed by atoms with Crippen molar-refractivity contribution in [3.8, 4) is 5.75 Å². The lowest BCUT2D eigenvalue weighted by molar-refractivity contribution is 0.0595. The highest BCUT2D eigenvalue weighted by molar-refractivity contribution is 5.98. The van der Waals surface area contributed by atoms with Crippen molar-refractivity contribution in [2.24, 2.45) is 5.73 Å². The molecule has 2 aromatic rings. The lowest BCUT2D eigenvalue weighted by Crippen LogP contribution is -2.11. The molecule has 1 heterocycles. The van der Waals surface area contributed by atoms with Gasteiger partial charge in [-0.25, -0.2) is 4.79 Å². The number of ether oxygens (including phenoxy) is 1. The molecule has 0 aliphatic heterocycles. The second-order valence-electron chi connectivity index (χ2n) is 3.89. The Bertz CT molecular complexity index is 591. The first-order valence-electron chi connectivity index (χ1n) is 5.39. The van der Waals surface area contributed by atoms with E-state index in [0.29, 0.717) is 16.5 Å². The Hall–Kier alpha value is -2.05. The topological polar surface area (TPSA) is 109 Å². The monoisotopic (exact) mass is 250 g/mol. The van der Waals surface area contributed by atoms with Gasteiger partial charge in [-0.1, -0.05) is 6.07 Å². The number of carbonyl (C=O) groups excluding carboxylic acids is 1. The molecule has 5 N–H and O–H groups in total. The van der Waals surface area contributed by atoms with Gasteiger partial charge in [0.15, 0.2) is 0 Å². The molecule has 0 aliphatic carbocycles.